The van der Waals surface area contributed by atoms with Gasteiger partial charge in [-0.25, -0.2) is 9.59 Å². The summed E-state index contributed by atoms with van der Waals surface area (Å²) in [4.78, 5) is 34.2. The number of likely N-dealkylation sites (tertiary alicyclic amines) is 1. The summed E-state index contributed by atoms with van der Waals surface area (Å²) in [5.41, 5.74) is 4.97. The fourth-order valence-corrected chi connectivity index (χ4v) is 1.61. The molecule has 1 heterocycles. The summed E-state index contributed by atoms with van der Waals surface area (Å²) in [5, 5.41) is 20.5. The van der Waals surface area contributed by atoms with Gasteiger partial charge < -0.3 is 26.2 Å². The Kier molecular flexibility index (Phi) is 3.89. The quantitative estimate of drug-likeness (QED) is 0.460. The van der Waals surface area contributed by atoms with Crippen LogP contribution < -0.4 is 11.1 Å². The second-order valence-electron chi connectivity index (χ2n) is 3.97. The molecule has 0 aromatic rings. The average Bonchev–Trinajstić information content (AvgIpc) is 2.60. The van der Waals surface area contributed by atoms with Crippen molar-refractivity contribution in [3.8, 4) is 0 Å². The monoisotopic (exact) mass is 245 g/mol. The summed E-state index contributed by atoms with van der Waals surface area (Å²) >= 11 is 0. The lowest BCUT2D eigenvalue weighted by Gasteiger charge is -2.23. The first kappa shape index (κ1) is 13.2. The number of carboxylic acid groups (broad SMARTS) is 1. The van der Waals surface area contributed by atoms with Crippen LogP contribution in [0, 0.1) is 0 Å². The smallest absolute Gasteiger partial charge is 0.326 e. The van der Waals surface area contributed by atoms with Gasteiger partial charge in [0.2, 0.25) is 5.91 Å². The number of carbonyl (C=O) groups excluding carboxylic acids is 2. The molecule has 96 valence electrons. The van der Waals surface area contributed by atoms with Crippen LogP contribution in [-0.2, 0) is 9.59 Å². The third-order valence-corrected chi connectivity index (χ3v) is 2.59. The minimum absolute atomic E-state index is 0.0201. The number of nitrogens with two attached hydrogens (primary N) is 1. The zero-order chi connectivity index (χ0) is 13.2. The molecule has 3 amide bonds. The maximum Gasteiger partial charge on any atom is 0.326 e. The highest BCUT2D eigenvalue weighted by molar-refractivity contribution is 5.88. The number of carboxylic acids is 1. The highest BCUT2D eigenvalue weighted by Crippen LogP contribution is 2.18. The van der Waals surface area contributed by atoms with Crippen molar-refractivity contribution in [2.75, 3.05) is 6.54 Å². The van der Waals surface area contributed by atoms with Crippen LogP contribution in [-0.4, -0.2) is 57.8 Å². The summed E-state index contributed by atoms with van der Waals surface area (Å²) < 4.78 is 0. The summed E-state index contributed by atoms with van der Waals surface area (Å²) in [6.45, 7) is 1.32. The molecular formula is C9H15N3O5. The zero-order valence-electron chi connectivity index (χ0n) is 9.29. The van der Waals surface area contributed by atoms with Crippen LogP contribution in [0.2, 0.25) is 0 Å². The molecule has 0 spiro atoms. The molecule has 17 heavy (non-hydrogen) atoms. The highest BCUT2D eigenvalue weighted by Gasteiger charge is 2.39. The summed E-state index contributed by atoms with van der Waals surface area (Å²) in [7, 11) is 0. The predicted octanol–water partition coefficient (Wildman–Crippen LogP) is -1.91. The van der Waals surface area contributed by atoms with Gasteiger partial charge >= 0.3 is 12.0 Å². The van der Waals surface area contributed by atoms with E-state index in [1.54, 1.807) is 0 Å². The molecule has 1 aliphatic heterocycles. The van der Waals surface area contributed by atoms with Crippen LogP contribution in [0.1, 0.15) is 13.3 Å². The molecule has 0 saturated carbocycles. The number of urea groups is 1. The van der Waals surface area contributed by atoms with Crippen molar-refractivity contribution in [3.05, 3.63) is 0 Å². The Morgan fingerprint density at radius 2 is 2.06 bits per heavy atom. The second-order valence-corrected chi connectivity index (χ2v) is 3.97. The average molecular weight is 245 g/mol. The van der Waals surface area contributed by atoms with E-state index in [4.69, 9.17) is 10.8 Å². The molecule has 0 aromatic heterocycles. The number of aliphatic carboxylic acids is 1. The number of carbonyl (C=O) groups is 3. The van der Waals surface area contributed by atoms with Gasteiger partial charge in [0.25, 0.3) is 0 Å². The number of β-amino-alcohol motifs (C(OH)–C–C–N with tert-alkyl or cyclic N) is 1. The second kappa shape index (κ2) is 5.00. The van der Waals surface area contributed by atoms with E-state index in [1.807, 2.05) is 0 Å². The van der Waals surface area contributed by atoms with Crippen molar-refractivity contribution in [1.29, 1.82) is 0 Å². The molecule has 0 bridgehead atoms. The van der Waals surface area contributed by atoms with Gasteiger partial charge in [0.1, 0.15) is 12.1 Å². The van der Waals surface area contributed by atoms with E-state index in [1.165, 1.54) is 6.92 Å². The van der Waals surface area contributed by atoms with Crippen molar-refractivity contribution < 1.29 is 24.6 Å². The highest BCUT2D eigenvalue weighted by atomic mass is 16.4. The van der Waals surface area contributed by atoms with E-state index >= 15 is 0 Å². The maximum atomic E-state index is 11.7. The number of primary amides is 1. The Bertz CT molecular complexity index is 346. The molecule has 1 rings (SSSR count). The number of aliphatic hydroxyl groups excluding tert-OH is 1. The fourth-order valence-electron chi connectivity index (χ4n) is 1.61. The van der Waals surface area contributed by atoms with Crippen LogP contribution in [0.5, 0.6) is 0 Å². The molecule has 0 aliphatic carbocycles. The largest absolute Gasteiger partial charge is 0.480 e. The molecule has 1 fully saturated rings. The van der Waals surface area contributed by atoms with E-state index in [0.717, 1.165) is 4.90 Å². The van der Waals surface area contributed by atoms with Gasteiger partial charge in [-0.05, 0) is 6.92 Å². The lowest BCUT2D eigenvalue weighted by molar-refractivity contribution is -0.141. The van der Waals surface area contributed by atoms with E-state index < -0.39 is 36.1 Å². The molecule has 1 unspecified atom stereocenters. The third kappa shape index (κ3) is 3.06. The van der Waals surface area contributed by atoms with Gasteiger partial charge in [-0.2, -0.15) is 0 Å². The maximum absolute atomic E-state index is 11.7. The Morgan fingerprint density at radius 1 is 1.47 bits per heavy atom. The van der Waals surface area contributed by atoms with Crippen LogP contribution in [0.25, 0.3) is 0 Å². The molecular weight excluding hydrogens is 230 g/mol. The SMILES string of the molecule is CC(NC(=O)N1C[C@H](O)C[C@H]1C(=O)O)C(N)=O. The van der Waals surface area contributed by atoms with Gasteiger partial charge in [0.15, 0.2) is 0 Å². The molecule has 1 saturated heterocycles. The number of aliphatic hydroxyl groups is 1. The van der Waals surface area contributed by atoms with Crippen molar-refractivity contribution in [1.82, 2.24) is 10.2 Å². The van der Waals surface area contributed by atoms with E-state index in [-0.39, 0.29) is 13.0 Å². The number of hydrogen-bond donors (Lipinski definition) is 4. The normalized spacial score (nSPS) is 25.4. The molecule has 8 heteroatoms. The molecule has 0 aromatic carbocycles. The Balaban J connectivity index is 2.67. The number of rotatable bonds is 3. The number of hydrogen-bond acceptors (Lipinski definition) is 4. The standard InChI is InChI=1S/C9H15N3O5/c1-4(7(10)14)11-9(17)12-3-5(13)2-6(12)8(15)16/h4-6,13H,2-3H2,1H3,(H2,10,14)(H,11,17)(H,15,16)/t4?,5-,6+/m1/s1. The van der Waals surface area contributed by atoms with Crippen LogP contribution in [0.3, 0.4) is 0 Å². The summed E-state index contributed by atoms with van der Waals surface area (Å²) in [5.74, 6) is -1.91. The number of nitrogens with one attached hydrogen (secondary N) is 1. The van der Waals surface area contributed by atoms with Gasteiger partial charge in [0, 0.05) is 13.0 Å². The number of nitrogens with zero attached hydrogens (tertiary/aromatic N) is 1. The molecule has 8 nitrogen and oxygen atoms in total. The van der Waals surface area contributed by atoms with E-state index in [0.29, 0.717) is 0 Å². The number of amides is 3. The minimum Gasteiger partial charge on any atom is -0.480 e. The van der Waals surface area contributed by atoms with E-state index in [2.05, 4.69) is 5.32 Å². The van der Waals surface area contributed by atoms with Crippen molar-refractivity contribution in [2.24, 2.45) is 5.73 Å². The van der Waals surface area contributed by atoms with Crippen molar-refractivity contribution >= 4 is 17.9 Å². The lowest BCUT2D eigenvalue weighted by atomic mass is 10.2. The first-order valence-corrected chi connectivity index (χ1v) is 5.10. The Morgan fingerprint density at radius 3 is 2.53 bits per heavy atom. The van der Waals surface area contributed by atoms with Gasteiger partial charge in [-0.1, -0.05) is 0 Å². The van der Waals surface area contributed by atoms with Crippen molar-refractivity contribution in [3.63, 3.8) is 0 Å². The van der Waals surface area contributed by atoms with Gasteiger partial charge in [-0.15, -0.1) is 0 Å². The summed E-state index contributed by atoms with van der Waals surface area (Å²) in [6, 6.07) is -2.69. The molecule has 1 aliphatic rings. The lowest BCUT2D eigenvalue weighted by Crippen LogP contribution is -2.51. The predicted molar refractivity (Wildman–Crippen MR) is 55.9 cm³/mol. The van der Waals surface area contributed by atoms with Gasteiger partial charge in [0.05, 0.1) is 6.10 Å². The molecule has 3 atom stereocenters. The summed E-state index contributed by atoms with van der Waals surface area (Å²) in [6.07, 6.45) is -0.890. The minimum atomic E-state index is -1.19. The van der Waals surface area contributed by atoms with Crippen LogP contribution >= 0.6 is 0 Å². The molecule has 5 N–H and O–H groups in total. The van der Waals surface area contributed by atoms with E-state index in [9.17, 15) is 19.5 Å². The first-order chi connectivity index (χ1) is 7.82. The third-order valence-electron chi connectivity index (χ3n) is 2.59. The Labute approximate surface area is 97.4 Å². The van der Waals surface area contributed by atoms with Crippen LogP contribution in [0.15, 0.2) is 0 Å². The van der Waals surface area contributed by atoms with Crippen LogP contribution in [0.4, 0.5) is 4.79 Å². The Hall–Kier alpha value is -1.83. The first-order valence-electron chi connectivity index (χ1n) is 5.10. The zero-order valence-corrected chi connectivity index (χ0v) is 9.29. The van der Waals surface area contributed by atoms with Crippen molar-refractivity contribution in [2.45, 2.75) is 31.5 Å². The fraction of sp³-hybridized carbons (Fsp3) is 0.667. The van der Waals surface area contributed by atoms with Gasteiger partial charge in [-0.3, -0.25) is 4.79 Å². The topological polar surface area (TPSA) is 133 Å². The molecule has 0 radical (unpaired) electrons.